The third-order valence-electron chi connectivity index (χ3n) is 3.94. The van der Waals surface area contributed by atoms with Crippen LogP contribution in [0.5, 0.6) is 0 Å². The van der Waals surface area contributed by atoms with Crippen LogP contribution < -0.4 is 5.32 Å². The maximum Gasteiger partial charge on any atom is 0.140 e. The Bertz CT molecular complexity index is 544. The van der Waals surface area contributed by atoms with E-state index in [2.05, 4.69) is 12.2 Å². The zero-order chi connectivity index (χ0) is 13.9. The molecule has 1 saturated heterocycles. The maximum atomic E-state index is 12.5. The molecular weight excluding hydrogens is 254 g/mol. The van der Waals surface area contributed by atoms with Gasteiger partial charge < -0.3 is 8.83 Å². The molecule has 0 amide bonds. The molecule has 0 aromatic carbocycles. The van der Waals surface area contributed by atoms with Crippen molar-refractivity contribution < 1.29 is 13.6 Å². The van der Waals surface area contributed by atoms with Crippen molar-refractivity contribution in [2.24, 2.45) is 5.92 Å². The van der Waals surface area contributed by atoms with Crippen LogP contribution in [0.15, 0.2) is 45.6 Å². The fourth-order valence-corrected chi connectivity index (χ4v) is 2.99. The second kappa shape index (κ2) is 5.67. The van der Waals surface area contributed by atoms with Gasteiger partial charge in [0.15, 0.2) is 0 Å². The Hall–Kier alpha value is -1.81. The minimum Gasteiger partial charge on any atom is -0.468 e. The summed E-state index contributed by atoms with van der Waals surface area (Å²) in [6, 6.07) is 7.41. The van der Waals surface area contributed by atoms with E-state index in [1.807, 2.05) is 24.3 Å². The van der Waals surface area contributed by atoms with Crippen LogP contribution >= 0.6 is 0 Å². The van der Waals surface area contributed by atoms with Gasteiger partial charge in [-0.15, -0.1) is 0 Å². The lowest BCUT2D eigenvalue weighted by atomic mass is 9.81. The standard InChI is InChI=1S/C16H19NO3/c1-2-5-11-13(18)10-12(14-6-3-8-19-14)17-16(11)15-7-4-9-20-15/h3-4,6-9,11-12,16-17H,2,5,10H2,1H3/t11-,12-,16-/m1/s1. The number of hydrogen-bond acceptors (Lipinski definition) is 4. The topological polar surface area (TPSA) is 55.4 Å². The van der Waals surface area contributed by atoms with Crippen molar-refractivity contribution in [1.29, 1.82) is 0 Å². The molecule has 0 aliphatic carbocycles. The molecule has 0 saturated carbocycles. The van der Waals surface area contributed by atoms with Crippen molar-refractivity contribution in [3.8, 4) is 0 Å². The number of hydrogen-bond donors (Lipinski definition) is 1. The summed E-state index contributed by atoms with van der Waals surface area (Å²) in [6.45, 7) is 2.10. The molecule has 4 heteroatoms. The number of nitrogens with one attached hydrogen (secondary N) is 1. The number of piperidine rings is 1. The summed E-state index contributed by atoms with van der Waals surface area (Å²) in [5.74, 6) is 1.91. The summed E-state index contributed by atoms with van der Waals surface area (Å²) in [6.07, 6.45) is 5.64. The molecule has 1 N–H and O–H groups in total. The van der Waals surface area contributed by atoms with Crippen molar-refractivity contribution >= 4 is 5.78 Å². The molecule has 0 radical (unpaired) electrons. The molecule has 2 aromatic rings. The number of carbonyl (C=O) groups is 1. The van der Waals surface area contributed by atoms with E-state index in [-0.39, 0.29) is 23.8 Å². The van der Waals surface area contributed by atoms with Gasteiger partial charge in [-0.05, 0) is 30.7 Å². The van der Waals surface area contributed by atoms with Gasteiger partial charge in [0.2, 0.25) is 0 Å². The molecule has 0 bridgehead atoms. The zero-order valence-electron chi connectivity index (χ0n) is 11.5. The molecule has 0 spiro atoms. The number of Topliss-reactive ketones (excluding diaryl/α,β-unsaturated/α-hetero) is 1. The van der Waals surface area contributed by atoms with Gasteiger partial charge in [-0.2, -0.15) is 0 Å². The Labute approximate surface area is 118 Å². The summed E-state index contributed by atoms with van der Waals surface area (Å²) < 4.78 is 11.0. The lowest BCUT2D eigenvalue weighted by Gasteiger charge is -2.34. The fourth-order valence-electron chi connectivity index (χ4n) is 2.99. The Morgan fingerprint density at radius 1 is 1.20 bits per heavy atom. The molecule has 2 aromatic heterocycles. The molecule has 1 aliphatic heterocycles. The molecule has 0 unspecified atom stereocenters. The van der Waals surface area contributed by atoms with Crippen molar-refractivity contribution in [1.82, 2.24) is 5.32 Å². The highest BCUT2D eigenvalue weighted by Crippen LogP contribution is 2.37. The van der Waals surface area contributed by atoms with Crippen LogP contribution in [-0.2, 0) is 4.79 Å². The Morgan fingerprint density at radius 3 is 2.50 bits per heavy atom. The predicted octanol–water partition coefficient (Wildman–Crippen LogP) is 3.63. The second-order valence-corrected chi connectivity index (χ2v) is 5.29. The van der Waals surface area contributed by atoms with Crippen LogP contribution in [0.1, 0.15) is 49.8 Å². The van der Waals surface area contributed by atoms with E-state index in [9.17, 15) is 4.79 Å². The Balaban J connectivity index is 1.87. The van der Waals surface area contributed by atoms with E-state index in [0.717, 1.165) is 24.4 Å². The van der Waals surface area contributed by atoms with Crippen molar-refractivity contribution in [2.75, 3.05) is 0 Å². The number of carbonyl (C=O) groups excluding carboxylic acids is 1. The summed E-state index contributed by atoms with van der Waals surface area (Å²) in [4.78, 5) is 12.5. The third-order valence-corrected chi connectivity index (χ3v) is 3.94. The first-order valence-electron chi connectivity index (χ1n) is 7.15. The molecule has 3 rings (SSSR count). The smallest absolute Gasteiger partial charge is 0.140 e. The predicted molar refractivity (Wildman–Crippen MR) is 74.1 cm³/mol. The zero-order valence-corrected chi connectivity index (χ0v) is 11.5. The van der Waals surface area contributed by atoms with Crippen molar-refractivity contribution in [3.05, 3.63) is 48.3 Å². The molecule has 1 fully saturated rings. The highest BCUT2D eigenvalue weighted by molar-refractivity contribution is 5.83. The van der Waals surface area contributed by atoms with Gasteiger partial charge in [-0.1, -0.05) is 13.3 Å². The van der Waals surface area contributed by atoms with E-state index in [4.69, 9.17) is 8.83 Å². The van der Waals surface area contributed by atoms with E-state index in [0.29, 0.717) is 6.42 Å². The minimum absolute atomic E-state index is 0.0163. The monoisotopic (exact) mass is 273 g/mol. The first-order chi connectivity index (χ1) is 9.79. The van der Waals surface area contributed by atoms with E-state index < -0.39 is 0 Å². The first-order valence-corrected chi connectivity index (χ1v) is 7.15. The SMILES string of the molecule is CCC[C@@H]1C(=O)C[C@H](c2ccco2)N[C@H]1c1ccco1. The molecule has 3 atom stereocenters. The molecule has 20 heavy (non-hydrogen) atoms. The number of ketones is 1. The van der Waals surface area contributed by atoms with Gasteiger partial charge in [0.05, 0.1) is 24.6 Å². The van der Waals surface area contributed by atoms with Gasteiger partial charge in [0.1, 0.15) is 17.3 Å². The van der Waals surface area contributed by atoms with Crippen LogP contribution in [0.25, 0.3) is 0 Å². The molecule has 3 heterocycles. The fraction of sp³-hybridized carbons (Fsp3) is 0.438. The van der Waals surface area contributed by atoms with Crippen LogP contribution in [0.4, 0.5) is 0 Å². The quantitative estimate of drug-likeness (QED) is 0.924. The van der Waals surface area contributed by atoms with Crippen LogP contribution in [0.3, 0.4) is 0 Å². The number of rotatable bonds is 4. The van der Waals surface area contributed by atoms with Crippen LogP contribution in [0, 0.1) is 5.92 Å². The summed E-state index contributed by atoms with van der Waals surface area (Å²) in [5, 5.41) is 3.52. The lowest BCUT2D eigenvalue weighted by molar-refractivity contribution is -0.127. The average Bonchev–Trinajstić information content (AvgIpc) is 3.14. The molecular formula is C16H19NO3. The normalized spacial score (nSPS) is 26.9. The molecule has 106 valence electrons. The third kappa shape index (κ3) is 2.43. The van der Waals surface area contributed by atoms with E-state index >= 15 is 0 Å². The van der Waals surface area contributed by atoms with Gasteiger partial charge in [-0.3, -0.25) is 10.1 Å². The molecule has 1 aliphatic rings. The highest BCUT2D eigenvalue weighted by Gasteiger charge is 2.39. The molecule has 4 nitrogen and oxygen atoms in total. The van der Waals surface area contributed by atoms with Crippen molar-refractivity contribution in [2.45, 2.75) is 38.3 Å². The number of furan rings is 2. The van der Waals surface area contributed by atoms with Gasteiger partial charge in [0, 0.05) is 12.3 Å². The maximum absolute atomic E-state index is 12.5. The van der Waals surface area contributed by atoms with E-state index in [1.54, 1.807) is 12.5 Å². The summed E-state index contributed by atoms with van der Waals surface area (Å²) in [7, 11) is 0. The largest absolute Gasteiger partial charge is 0.468 e. The average molecular weight is 273 g/mol. The Kier molecular flexibility index (Phi) is 3.74. The lowest BCUT2D eigenvalue weighted by Crippen LogP contribution is -2.42. The van der Waals surface area contributed by atoms with E-state index in [1.165, 1.54) is 0 Å². The second-order valence-electron chi connectivity index (χ2n) is 5.29. The van der Waals surface area contributed by atoms with Crippen LogP contribution in [0.2, 0.25) is 0 Å². The highest BCUT2D eigenvalue weighted by atomic mass is 16.3. The van der Waals surface area contributed by atoms with Gasteiger partial charge >= 0.3 is 0 Å². The summed E-state index contributed by atoms with van der Waals surface area (Å²) >= 11 is 0. The van der Waals surface area contributed by atoms with Gasteiger partial charge in [0.25, 0.3) is 0 Å². The van der Waals surface area contributed by atoms with Crippen LogP contribution in [-0.4, -0.2) is 5.78 Å². The minimum atomic E-state index is -0.0688. The van der Waals surface area contributed by atoms with Gasteiger partial charge in [-0.25, -0.2) is 0 Å². The first kappa shape index (κ1) is 13.2. The summed E-state index contributed by atoms with van der Waals surface area (Å²) in [5.41, 5.74) is 0. The Morgan fingerprint density at radius 2 is 1.90 bits per heavy atom. The van der Waals surface area contributed by atoms with Crippen molar-refractivity contribution in [3.63, 3.8) is 0 Å².